The van der Waals surface area contributed by atoms with E-state index in [1.807, 2.05) is 0 Å². The molecule has 0 bridgehead atoms. The number of halogens is 1. The fourth-order valence-corrected chi connectivity index (χ4v) is 2.40. The Morgan fingerprint density at radius 2 is 2.00 bits per heavy atom. The van der Waals surface area contributed by atoms with Crippen molar-refractivity contribution >= 4 is 11.9 Å². The Bertz CT molecular complexity index is 742. The van der Waals surface area contributed by atoms with Crippen LogP contribution in [0.15, 0.2) is 40.8 Å². The third kappa shape index (κ3) is 3.09. The molecule has 0 spiro atoms. The van der Waals surface area contributed by atoms with Crippen LogP contribution in [0.25, 0.3) is 11.3 Å². The second-order valence-corrected chi connectivity index (χ2v) is 5.09. The Morgan fingerprint density at radius 1 is 1.22 bits per heavy atom. The van der Waals surface area contributed by atoms with Gasteiger partial charge in [0, 0.05) is 6.54 Å². The molecule has 1 aliphatic heterocycles. The molecule has 2 aromatic rings. The van der Waals surface area contributed by atoms with Crippen LogP contribution in [0.2, 0.25) is 0 Å². The molecule has 1 aliphatic rings. The Balaban J connectivity index is 1.79. The van der Waals surface area contributed by atoms with Crippen LogP contribution in [0.1, 0.15) is 10.6 Å². The van der Waals surface area contributed by atoms with E-state index in [1.165, 1.54) is 23.1 Å². The molecule has 1 amide bonds. The van der Waals surface area contributed by atoms with Gasteiger partial charge in [-0.15, -0.1) is 0 Å². The highest BCUT2D eigenvalue weighted by atomic mass is 19.1. The van der Waals surface area contributed by atoms with E-state index < -0.39 is 23.8 Å². The van der Waals surface area contributed by atoms with Gasteiger partial charge < -0.3 is 19.2 Å². The van der Waals surface area contributed by atoms with E-state index in [0.29, 0.717) is 0 Å². The zero-order valence-corrected chi connectivity index (χ0v) is 12.1. The quantitative estimate of drug-likeness (QED) is 0.936. The van der Waals surface area contributed by atoms with Crippen molar-refractivity contribution in [2.75, 3.05) is 19.7 Å². The van der Waals surface area contributed by atoms with Crippen LogP contribution in [0, 0.1) is 5.82 Å². The molecule has 1 fully saturated rings. The van der Waals surface area contributed by atoms with E-state index in [0.717, 1.165) is 0 Å². The number of carbonyl (C=O) groups excluding carboxylic acids is 1. The molecule has 7 heteroatoms. The molecule has 0 saturated carbocycles. The minimum Gasteiger partial charge on any atom is -0.479 e. The van der Waals surface area contributed by atoms with Crippen molar-refractivity contribution in [2.45, 2.75) is 6.10 Å². The number of carboxylic acids is 1. The molecule has 0 radical (unpaired) electrons. The van der Waals surface area contributed by atoms with Gasteiger partial charge in [0.05, 0.1) is 18.7 Å². The summed E-state index contributed by atoms with van der Waals surface area (Å²) in [5.74, 6) is -1.72. The minimum absolute atomic E-state index is 0.0364. The summed E-state index contributed by atoms with van der Waals surface area (Å²) in [7, 11) is 0. The Kier molecular flexibility index (Phi) is 4.12. The SMILES string of the molecule is O=C(O)C1CN(C(=O)c2ccc(-c3ccccc3F)o2)CCO1. The Labute approximate surface area is 131 Å². The fourth-order valence-electron chi connectivity index (χ4n) is 2.40. The van der Waals surface area contributed by atoms with E-state index in [1.54, 1.807) is 18.2 Å². The summed E-state index contributed by atoms with van der Waals surface area (Å²) < 4.78 is 24.3. The normalized spacial score (nSPS) is 18.0. The van der Waals surface area contributed by atoms with Crippen molar-refractivity contribution < 1.29 is 28.2 Å². The summed E-state index contributed by atoms with van der Waals surface area (Å²) in [5, 5.41) is 8.96. The maximum atomic E-state index is 13.7. The molecule has 1 saturated heterocycles. The molecule has 120 valence electrons. The van der Waals surface area contributed by atoms with E-state index in [9.17, 15) is 14.0 Å². The molecule has 1 atom stereocenters. The number of morpholine rings is 1. The standard InChI is InChI=1S/C16H14FNO5/c17-11-4-2-1-3-10(11)12-5-6-13(23-12)15(19)18-7-8-22-14(9-18)16(20)21/h1-6,14H,7-9H2,(H,20,21). The molecule has 6 nitrogen and oxygen atoms in total. The van der Waals surface area contributed by atoms with Crippen molar-refractivity contribution in [3.05, 3.63) is 48.0 Å². The largest absolute Gasteiger partial charge is 0.479 e. The first kappa shape index (κ1) is 15.2. The maximum Gasteiger partial charge on any atom is 0.334 e. The van der Waals surface area contributed by atoms with Gasteiger partial charge in [0.15, 0.2) is 11.9 Å². The lowest BCUT2D eigenvalue weighted by atomic mass is 10.1. The molecular weight excluding hydrogens is 305 g/mol. The highest BCUT2D eigenvalue weighted by Gasteiger charge is 2.30. The molecular formula is C16H14FNO5. The van der Waals surface area contributed by atoms with E-state index in [-0.39, 0.29) is 36.8 Å². The highest BCUT2D eigenvalue weighted by molar-refractivity contribution is 5.92. The number of hydrogen-bond donors (Lipinski definition) is 1. The first-order chi connectivity index (χ1) is 11.1. The van der Waals surface area contributed by atoms with Gasteiger partial charge in [0.1, 0.15) is 11.6 Å². The summed E-state index contributed by atoms with van der Waals surface area (Å²) >= 11 is 0. The lowest BCUT2D eigenvalue weighted by molar-refractivity contribution is -0.154. The van der Waals surface area contributed by atoms with Gasteiger partial charge in [-0.25, -0.2) is 9.18 Å². The summed E-state index contributed by atoms with van der Waals surface area (Å²) in [6.45, 7) is 0.367. The fraction of sp³-hybridized carbons (Fsp3) is 0.250. The van der Waals surface area contributed by atoms with Gasteiger partial charge in [-0.2, -0.15) is 0 Å². The molecule has 1 N–H and O–H groups in total. The van der Waals surface area contributed by atoms with Crippen LogP contribution in [0.3, 0.4) is 0 Å². The van der Waals surface area contributed by atoms with Crippen molar-refractivity contribution in [3.8, 4) is 11.3 Å². The summed E-state index contributed by atoms with van der Waals surface area (Å²) in [6.07, 6.45) is -1.05. The molecule has 3 rings (SSSR count). The summed E-state index contributed by atoms with van der Waals surface area (Å²) in [5.41, 5.74) is 0.261. The van der Waals surface area contributed by atoms with Crippen molar-refractivity contribution in [1.82, 2.24) is 4.90 Å². The molecule has 23 heavy (non-hydrogen) atoms. The predicted molar refractivity (Wildman–Crippen MR) is 77.4 cm³/mol. The maximum absolute atomic E-state index is 13.7. The number of carboxylic acid groups (broad SMARTS) is 1. The van der Waals surface area contributed by atoms with Crippen LogP contribution in [-0.4, -0.2) is 47.7 Å². The number of benzene rings is 1. The number of amides is 1. The third-order valence-corrected chi connectivity index (χ3v) is 3.59. The smallest absolute Gasteiger partial charge is 0.334 e. The van der Waals surface area contributed by atoms with Gasteiger partial charge in [0.2, 0.25) is 0 Å². The third-order valence-electron chi connectivity index (χ3n) is 3.59. The average Bonchev–Trinajstić information content (AvgIpc) is 3.04. The highest BCUT2D eigenvalue weighted by Crippen LogP contribution is 2.25. The zero-order chi connectivity index (χ0) is 16.4. The second-order valence-electron chi connectivity index (χ2n) is 5.09. The van der Waals surface area contributed by atoms with E-state index in [4.69, 9.17) is 14.3 Å². The zero-order valence-electron chi connectivity index (χ0n) is 12.1. The first-order valence-corrected chi connectivity index (χ1v) is 7.04. The van der Waals surface area contributed by atoms with Crippen LogP contribution >= 0.6 is 0 Å². The van der Waals surface area contributed by atoms with Crippen LogP contribution in [0.4, 0.5) is 4.39 Å². The van der Waals surface area contributed by atoms with Crippen LogP contribution < -0.4 is 0 Å². The molecule has 1 aromatic carbocycles. The number of carbonyl (C=O) groups is 2. The number of nitrogens with zero attached hydrogens (tertiary/aromatic N) is 1. The van der Waals surface area contributed by atoms with Gasteiger partial charge in [-0.1, -0.05) is 12.1 Å². The van der Waals surface area contributed by atoms with Crippen LogP contribution in [0.5, 0.6) is 0 Å². The lowest BCUT2D eigenvalue weighted by Crippen LogP contribution is -2.48. The van der Waals surface area contributed by atoms with Gasteiger partial charge >= 0.3 is 5.97 Å². The average molecular weight is 319 g/mol. The topological polar surface area (TPSA) is 80.0 Å². The summed E-state index contributed by atoms with van der Waals surface area (Å²) in [4.78, 5) is 24.7. The van der Waals surface area contributed by atoms with Crippen molar-refractivity contribution in [2.24, 2.45) is 0 Å². The Hall–Kier alpha value is -2.67. The number of furan rings is 1. The van der Waals surface area contributed by atoms with Gasteiger partial charge in [0.25, 0.3) is 5.91 Å². The minimum atomic E-state index is -1.12. The monoisotopic (exact) mass is 319 g/mol. The molecule has 1 aromatic heterocycles. The number of rotatable bonds is 3. The summed E-state index contributed by atoms with van der Waals surface area (Å²) in [6, 6.07) is 9.06. The van der Waals surface area contributed by atoms with Gasteiger partial charge in [-0.05, 0) is 24.3 Å². The lowest BCUT2D eigenvalue weighted by Gasteiger charge is -2.30. The van der Waals surface area contributed by atoms with Crippen molar-refractivity contribution in [1.29, 1.82) is 0 Å². The van der Waals surface area contributed by atoms with Crippen molar-refractivity contribution in [3.63, 3.8) is 0 Å². The van der Waals surface area contributed by atoms with E-state index >= 15 is 0 Å². The van der Waals surface area contributed by atoms with Gasteiger partial charge in [-0.3, -0.25) is 4.79 Å². The van der Waals surface area contributed by atoms with E-state index in [2.05, 4.69) is 0 Å². The number of aliphatic carboxylic acids is 1. The molecule has 2 heterocycles. The number of ether oxygens (including phenoxy) is 1. The first-order valence-electron chi connectivity index (χ1n) is 7.04. The Morgan fingerprint density at radius 3 is 2.74 bits per heavy atom. The second kappa shape index (κ2) is 6.21. The predicted octanol–water partition coefficient (Wildman–Crippen LogP) is 2.01. The molecule has 0 aliphatic carbocycles. The van der Waals surface area contributed by atoms with Crippen LogP contribution in [-0.2, 0) is 9.53 Å². The molecule has 1 unspecified atom stereocenters. The number of hydrogen-bond acceptors (Lipinski definition) is 4.